The lowest BCUT2D eigenvalue weighted by Crippen LogP contribution is -2.50. The largest absolute Gasteiger partial charge is 0.354 e. The monoisotopic (exact) mass is 466 g/mol. The van der Waals surface area contributed by atoms with Gasteiger partial charge in [-0.25, -0.2) is 9.78 Å². The minimum Gasteiger partial charge on any atom is -0.354 e. The molecule has 0 unspecified atom stereocenters. The van der Waals surface area contributed by atoms with E-state index in [2.05, 4.69) is 20.2 Å². The highest BCUT2D eigenvalue weighted by atomic mass is 32.1. The quantitative estimate of drug-likeness (QED) is 0.558. The van der Waals surface area contributed by atoms with Gasteiger partial charge in [-0.1, -0.05) is 18.3 Å². The molecule has 33 heavy (non-hydrogen) atoms. The van der Waals surface area contributed by atoms with Crippen molar-refractivity contribution in [3.05, 3.63) is 62.4 Å². The van der Waals surface area contributed by atoms with Crippen LogP contribution in [-0.2, 0) is 17.9 Å². The van der Waals surface area contributed by atoms with Crippen LogP contribution in [0.25, 0.3) is 10.9 Å². The lowest BCUT2D eigenvalue weighted by atomic mass is 10.1. The number of piperazine rings is 1. The number of nitrogens with zero attached hydrogens (tertiary/aromatic N) is 4. The summed E-state index contributed by atoms with van der Waals surface area (Å²) in [5.74, 6) is -0.282. The van der Waals surface area contributed by atoms with Crippen LogP contribution < -0.4 is 15.9 Å². The Labute approximate surface area is 196 Å². The van der Waals surface area contributed by atoms with Crippen LogP contribution >= 0.6 is 12.2 Å². The van der Waals surface area contributed by atoms with E-state index in [1.54, 1.807) is 31.0 Å². The fourth-order valence-corrected chi connectivity index (χ4v) is 4.54. The van der Waals surface area contributed by atoms with Gasteiger partial charge in [-0.3, -0.25) is 19.1 Å². The van der Waals surface area contributed by atoms with Crippen LogP contribution in [0.1, 0.15) is 28.7 Å². The second-order valence-electron chi connectivity index (χ2n) is 8.00. The third kappa shape index (κ3) is 4.44. The smallest absolute Gasteiger partial charge is 0.326 e. The molecule has 2 aromatic heterocycles. The van der Waals surface area contributed by atoms with E-state index in [-0.39, 0.29) is 24.0 Å². The van der Waals surface area contributed by atoms with Crippen molar-refractivity contribution in [2.45, 2.75) is 26.9 Å². The maximum Gasteiger partial charge on any atom is 0.326 e. The first-order valence-electron chi connectivity index (χ1n) is 10.8. The molecule has 0 bridgehead atoms. The zero-order valence-electron chi connectivity index (χ0n) is 18.8. The lowest BCUT2D eigenvalue weighted by molar-refractivity contribution is -0.121. The van der Waals surface area contributed by atoms with E-state index in [1.165, 1.54) is 4.57 Å². The number of aromatic amines is 1. The average molecular weight is 467 g/mol. The van der Waals surface area contributed by atoms with Crippen LogP contribution in [0.15, 0.2) is 35.1 Å². The molecular formula is C23H26N6O3S. The van der Waals surface area contributed by atoms with Gasteiger partial charge in [0.05, 0.1) is 23.4 Å². The summed E-state index contributed by atoms with van der Waals surface area (Å²) in [6.45, 7) is 6.26. The number of aryl methyl sites for hydroxylation is 1. The Hall–Kier alpha value is -3.37. The van der Waals surface area contributed by atoms with Crippen LogP contribution in [0.3, 0.4) is 0 Å². The van der Waals surface area contributed by atoms with Crippen LogP contribution in [0, 0.1) is 11.6 Å². The molecule has 2 amide bonds. The van der Waals surface area contributed by atoms with Crippen LogP contribution in [0.5, 0.6) is 0 Å². The highest BCUT2D eigenvalue weighted by molar-refractivity contribution is 7.71. The van der Waals surface area contributed by atoms with Gasteiger partial charge in [-0.15, -0.1) is 0 Å². The summed E-state index contributed by atoms with van der Waals surface area (Å²) in [5.41, 5.74) is 3.16. The molecule has 2 N–H and O–H groups in total. The highest BCUT2D eigenvalue weighted by Gasteiger charge is 2.27. The normalized spacial score (nSPS) is 14.6. The molecular weight excluding hydrogens is 440 g/mol. The third-order valence-electron chi connectivity index (χ3n) is 5.88. The van der Waals surface area contributed by atoms with E-state index in [0.717, 1.165) is 16.6 Å². The predicted octanol–water partition coefficient (Wildman–Crippen LogP) is 1.99. The molecule has 0 spiro atoms. The number of aromatic nitrogens is 3. The average Bonchev–Trinajstić information content (AvgIpc) is 2.79. The predicted molar refractivity (Wildman–Crippen MR) is 129 cm³/mol. The van der Waals surface area contributed by atoms with E-state index in [1.807, 2.05) is 25.1 Å². The Balaban J connectivity index is 1.49. The zero-order valence-corrected chi connectivity index (χ0v) is 19.7. The molecule has 0 atom stereocenters. The number of benzene rings is 1. The molecule has 1 aromatic carbocycles. The van der Waals surface area contributed by atoms with Gasteiger partial charge in [0, 0.05) is 38.6 Å². The van der Waals surface area contributed by atoms with Crippen molar-refractivity contribution in [3.8, 4) is 0 Å². The van der Waals surface area contributed by atoms with Crippen molar-refractivity contribution in [2.75, 3.05) is 31.6 Å². The summed E-state index contributed by atoms with van der Waals surface area (Å²) in [6, 6.07) is 9.24. The minimum atomic E-state index is -0.259. The second kappa shape index (κ2) is 9.24. The lowest BCUT2D eigenvalue weighted by Gasteiger charge is -2.34. The van der Waals surface area contributed by atoms with Gasteiger partial charge in [0.2, 0.25) is 5.91 Å². The Morgan fingerprint density at radius 3 is 2.67 bits per heavy atom. The van der Waals surface area contributed by atoms with Crippen molar-refractivity contribution < 1.29 is 9.59 Å². The summed E-state index contributed by atoms with van der Waals surface area (Å²) in [5, 5.41) is 3.39. The van der Waals surface area contributed by atoms with Gasteiger partial charge in [0.15, 0.2) is 0 Å². The van der Waals surface area contributed by atoms with Gasteiger partial charge in [-0.2, -0.15) is 0 Å². The number of anilines is 1. The van der Waals surface area contributed by atoms with Crippen LogP contribution in [0.4, 0.5) is 5.69 Å². The molecule has 3 heterocycles. The van der Waals surface area contributed by atoms with E-state index >= 15 is 0 Å². The van der Waals surface area contributed by atoms with E-state index in [0.29, 0.717) is 47.7 Å². The van der Waals surface area contributed by atoms with Crippen molar-refractivity contribution in [2.24, 2.45) is 0 Å². The molecule has 1 fully saturated rings. The maximum absolute atomic E-state index is 12.9. The standard InChI is InChI=1S/C23H26N6O3S/c1-4-28-22(33)16-6-5-15(11-18(16)26-23(28)32)12-27-9-10-29(20(30)13-27)19-8-7-17(21(31)24-3)25-14(19)2/h5-8,11H,4,9-10,12-13H2,1-3H3,(H,24,31)(H,26,32). The number of carbonyl (C=O) groups excluding carboxylic acids is 2. The Morgan fingerprint density at radius 2 is 2.00 bits per heavy atom. The first-order valence-corrected chi connectivity index (χ1v) is 11.2. The Morgan fingerprint density at radius 1 is 1.21 bits per heavy atom. The molecule has 9 nitrogen and oxygen atoms in total. The van der Waals surface area contributed by atoms with Crippen molar-refractivity contribution in [3.63, 3.8) is 0 Å². The van der Waals surface area contributed by atoms with Gasteiger partial charge < -0.3 is 15.2 Å². The topological polar surface area (TPSA) is 103 Å². The summed E-state index contributed by atoms with van der Waals surface area (Å²) in [4.78, 5) is 48.0. The SMILES string of the molecule is CCn1c(=O)[nH]c2cc(CN3CCN(c4ccc(C(=O)NC)nc4C)C(=O)C3)ccc2c1=S. The fourth-order valence-electron chi connectivity index (χ4n) is 4.15. The summed E-state index contributed by atoms with van der Waals surface area (Å²) < 4.78 is 2.06. The summed E-state index contributed by atoms with van der Waals surface area (Å²) in [6.07, 6.45) is 0. The molecule has 3 aromatic rings. The number of carbonyl (C=O) groups is 2. The van der Waals surface area contributed by atoms with Crippen molar-refractivity contribution >= 4 is 40.6 Å². The highest BCUT2D eigenvalue weighted by Crippen LogP contribution is 2.22. The van der Waals surface area contributed by atoms with E-state index in [9.17, 15) is 14.4 Å². The second-order valence-corrected chi connectivity index (χ2v) is 8.38. The molecule has 0 saturated carbocycles. The number of rotatable bonds is 5. The number of pyridine rings is 1. The minimum absolute atomic E-state index is 0.0233. The number of amides is 2. The molecule has 1 saturated heterocycles. The Kier molecular flexibility index (Phi) is 6.39. The number of fused-ring (bicyclic) bond motifs is 1. The molecule has 1 aliphatic rings. The Bertz CT molecular complexity index is 1360. The number of hydrogen-bond donors (Lipinski definition) is 2. The van der Waals surface area contributed by atoms with Gasteiger partial charge in [0.25, 0.3) is 5.91 Å². The molecule has 10 heteroatoms. The van der Waals surface area contributed by atoms with Gasteiger partial charge >= 0.3 is 5.69 Å². The van der Waals surface area contributed by atoms with E-state index in [4.69, 9.17) is 12.2 Å². The maximum atomic E-state index is 12.9. The molecule has 1 aliphatic heterocycles. The third-order valence-corrected chi connectivity index (χ3v) is 6.32. The summed E-state index contributed by atoms with van der Waals surface area (Å²) in [7, 11) is 1.56. The molecule has 0 aliphatic carbocycles. The number of nitrogens with one attached hydrogen (secondary N) is 2. The number of H-pyrrole nitrogens is 1. The van der Waals surface area contributed by atoms with Crippen LogP contribution in [0.2, 0.25) is 0 Å². The van der Waals surface area contributed by atoms with Crippen LogP contribution in [-0.4, -0.2) is 57.9 Å². The van der Waals surface area contributed by atoms with Crippen molar-refractivity contribution in [1.29, 1.82) is 0 Å². The van der Waals surface area contributed by atoms with E-state index < -0.39 is 0 Å². The number of hydrogen-bond acceptors (Lipinski definition) is 6. The van der Waals surface area contributed by atoms with Gasteiger partial charge in [-0.05, 0) is 43.7 Å². The first kappa shape index (κ1) is 22.8. The molecule has 4 rings (SSSR count). The first-order chi connectivity index (χ1) is 15.8. The fraction of sp³-hybridized carbons (Fsp3) is 0.348. The summed E-state index contributed by atoms with van der Waals surface area (Å²) >= 11 is 5.45. The zero-order chi connectivity index (χ0) is 23.7. The molecule has 0 radical (unpaired) electrons. The molecule has 172 valence electrons. The van der Waals surface area contributed by atoms with Crippen molar-refractivity contribution in [1.82, 2.24) is 24.8 Å². The van der Waals surface area contributed by atoms with Gasteiger partial charge in [0.1, 0.15) is 10.3 Å².